The van der Waals surface area contributed by atoms with E-state index >= 15 is 0 Å². The number of ether oxygens (including phenoxy) is 1. The van der Waals surface area contributed by atoms with Crippen LogP contribution in [-0.4, -0.2) is 102 Å². The maximum atomic E-state index is 12.7. The van der Waals surface area contributed by atoms with Crippen LogP contribution in [0.3, 0.4) is 0 Å². The summed E-state index contributed by atoms with van der Waals surface area (Å²) >= 11 is 0. The van der Waals surface area contributed by atoms with Crippen molar-refractivity contribution >= 4 is 12.0 Å². The van der Waals surface area contributed by atoms with Gasteiger partial charge >= 0.3 is 6.09 Å². The molecule has 1 spiro atoms. The number of likely N-dealkylation sites (tertiary alicyclic amines) is 1. The highest BCUT2D eigenvalue weighted by Crippen LogP contribution is 2.53. The molecule has 0 aromatic rings. The van der Waals surface area contributed by atoms with E-state index in [0.717, 1.165) is 38.8 Å². The first-order chi connectivity index (χ1) is 12.4. The van der Waals surface area contributed by atoms with Crippen molar-refractivity contribution in [2.45, 2.75) is 50.8 Å². The van der Waals surface area contributed by atoms with Crippen LogP contribution in [0.4, 0.5) is 4.79 Å². The predicted octanol–water partition coefficient (Wildman–Crippen LogP) is 0.449. The van der Waals surface area contributed by atoms with Gasteiger partial charge in [0.05, 0.1) is 18.8 Å². The van der Waals surface area contributed by atoms with Gasteiger partial charge in [0.1, 0.15) is 6.04 Å². The molecule has 2 saturated heterocycles. The number of rotatable bonds is 6. The Balaban J connectivity index is 1.55. The van der Waals surface area contributed by atoms with Gasteiger partial charge in [-0.3, -0.25) is 9.69 Å². The van der Waals surface area contributed by atoms with Crippen LogP contribution in [0.5, 0.6) is 0 Å². The molecule has 3 fully saturated rings. The predicted molar refractivity (Wildman–Crippen MR) is 94.9 cm³/mol. The normalized spacial score (nSPS) is 29.9. The van der Waals surface area contributed by atoms with Gasteiger partial charge in [-0.05, 0) is 44.6 Å². The smallest absolute Gasteiger partial charge is 0.408 e. The minimum atomic E-state index is -1.05. The third kappa shape index (κ3) is 3.82. The van der Waals surface area contributed by atoms with E-state index in [9.17, 15) is 19.8 Å². The number of aliphatic hydroxyl groups is 1. The van der Waals surface area contributed by atoms with E-state index < -0.39 is 12.1 Å². The summed E-state index contributed by atoms with van der Waals surface area (Å²) in [4.78, 5) is 29.1. The Labute approximate surface area is 154 Å². The van der Waals surface area contributed by atoms with Crippen molar-refractivity contribution in [1.29, 1.82) is 0 Å². The van der Waals surface area contributed by atoms with Gasteiger partial charge in [0.25, 0.3) is 0 Å². The lowest BCUT2D eigenvalue weighted by atomic mass is 9.90. The molecule has 0 bridgehead atoms. The topological polar surface area (TPSA) is 93.6 Å². The molecule has 148 valence electrons. The highest BCUT2D eigenvalue weighted by atomic mass is 16.5. The Morgan fingerprint density at radius 1 is 1.31 bits per heavy atom. The zero-order valence-corrected chi connectivity index (χ0v) is 15.8. The van der Waals surface area contributed by atoms with Gasteiger partial charge in [-0.2, -0.15) is 0 Å². The average molecular weight is 369 g/mol. The summed E-state index contributed by atoms with van der Waals surface area (Å²) in [7, 11) is 1.62. The number of aliphatic hydroxyl groups excluding tert-OH is 1. The summed E-state index contributed by atoms with van der Waals surface area (Å²) in [6, 6.07) is -0.730. The maximum absolute atomic E-state index is 12.7. The van der Waals surface area contributed by atoms with Crippen molar-refractivity contribution in [3.05, 3.63) is 0 Å². The van der Waals surface area contributed by atoms with Gasteiger partial charge in [0.15, 0.2) is 0 Å². The highest BCUT2D eigenvalue weighted by Gasteiger charge is 2.51. The van der Waals surface area contributed by atoms with Crippen LogP contribution in [0, 0.1) is 5.41 Å². The van der Waals surface area contributed by atoms with Crippen LogP contribution in [0.15, 0.2) is 0 Å². The van der Waals surface area contributed by atoms with E-state index in [1.54, 1.807) is 18.9 Å². The fraction of sp³-hybridized carbons (Fsp3) is 0.889. The third-order valence-electron chi connectivity index (χ3n) is 6.47. The fourth-order valence-corrected chi connectivity index (χ4v) is 4.39. The summed E-state index contributed by atoms with van der Waals surface area (Å²) in [5.41, 5.74) is 0.195. The summed E-state index contributed by atoms with van der Waals surface area (Å²) in [6.07, 6.45) is 2.82. The second-order valence-corrected chi connectivity index (χ2v) is 8.01. The van der Waals surface area contributed by atoms with Crippen molar-refractivity contribution in [2.75, 3.05) is 46.4 Å². The molecule has 2 amide bonds. The third-order valence-corrected chi connectivity index (χ3v) is 6.47. The summed E-state index contributed by atoms with van der Waals surface area (Å²) < 4.78 is 5.33. The molecule has 2 heterocycles. The van der Waals surface area contributed by atoms with E-state index in [-0.39, 0.29) is 23.5 Å². The zero-order chi connectivity index (χ0) is 18.9. The molecular formula is C18H31N3O5. The molecule has 3 aliphatic rings. The Bertz CT molecular complexity index is 539. The molecule has 26 heavy (non-hydrogen) atoms. The van der Waals surface area contributed by atoms with E-state index in [0.29, 0.717) is 26.2 Å². The lowest BCUT2D eigenvalue weighted by Gasteiger charge is -2.42. The van der Waals surface area contributed by atoms with Crippen LogP contribution < -0.4 is 0 Å². The molecule has 1 saturated carbocycles. The molecule has 8 heteroatoms. The van der Waals surface area contributed by atoms with Crippen LogP contribution in [0.25, 0.3) is 0 Å². The minimum absolute atomic E-state index is 0.0696. The van der Waals surface area contributed by atoms with E-state index in [4.69, 9.17) is 4.74 Å². The number of nitrogens with zero attached hydrogens (tertiary/aromatic N) is 3. The monoisotopic (exact) mass is 369 g/mol. The molecule has 1 aliphatic carbocycles. The molecule has 0 unspecified atom stereocenters. The second-order valence-electron chi connectivity index (χ2n) is 8.01. The molecule has 3 atom stereocenters. The Morgan fingerprint density at radius 2 is 2.04 bits per heavy atom. The van der Waals surface area contributed by atoms with Gasteiger partial charge in [-0.1, -0.05) is 0 Å². The lowest BCUT2D eigenvalue weighted by molar-refractivity contribution is -0.144. The summed E-state index contributed by atoms with van der Waals surface area (Å²) in [5.74, 6) is -0.156. The Morgan fingerprint density at radius 3 is 2.62 bits per heavy atom. The number of β-amino-alcohol motifs (C(OH)–C–C–N with tert-alkyl or cyclic N) is 1. The van der Waals surface area contributed by atoms with Gasteiger partial charge in [-0.25, -0.2) is 4.79 Å². The van der Waals surface area contributed by atoms with Gasteiger partial charge in [0.2, 0.25) is 5.91 Å². The molecular weight excluding hydrogens is 338 g/mol. The molecule has 0 aromatic carbocycles. The minimum Gasteiger partial charge on any atom is -0.465 e. The van der Waals surface area contributed by atoms with Crippen molar-refractivity contribution in [3.8, 4) is 0 Å². The van der Waals surface area contributed by atoms with E-state index in [2.05, 4.69) is 4.90 Å². The molecule has 2 aliphatic heterocycles. The Kier molecular flexibility index (Phi) is 5.74. The maximum Gasteiger partial charge on any atom is 0.408 e. The van der Waals surface area contributed by atoms with Crippen molar-refractivity contribution < 1.29 is 24.5 Å². The molecule has 3 rings (SSSR count). The number of amides is 2. The summed E-state index contributed by atoms with van der Waals surface area (Å²) in [6.45, 7) is 5.31. The number of hydrogen-bond acceptors (Lipinski definition) is 5. The summed E-state index contributed by atoms with van der Waals surface area (Å²) in [5, 5.41) is 19.6. The SMILES string of the molecule is COC[C@H](CCN1CCC2(CC2)[C@H](O)C1)N1CCN(C(=O)O)[C@@H](C)C1=O. The van der Waals surface area contributed by atoms with Gasteiger partial charge < -0.3 is 24.7 Å². The van der Waals surface area contributed by atoms with Crippen LogP contribution in [0.2, 0.25) is 0 Å². The first kappa shape index (κ1) is 19.4. The molecule has 0 radical (unpaired) electrons. The fourth-order valence-electron chi connectivity index (χ4n) is 4.39. The lowest BCUT2D eigenvalue weighted by Crippen LogP contribution is -2.60. The molecule has 0 aromatic heterocycles. The Hall–Kier alpha value is -1.38. The van der Waals surface area contributed by atoms with Crippen molar-refractivity contribution in [3.63, 3.8) is 0 Å². The number of piperidine rings is 1. The highest BCUT2D eigenvalue weighted by molar-refractivity contribution is 5.86. The average Bonchev–Trinajstić information content (AvgIpc) is 3.38. The van der Waals surface area contributed by atoms with Gasteiger partial charge in [0, 0.05) is 33.3 Å². The zero-order valence-electron chi connectivity index (χ0n) is 15.8. The number of carbonyl (C=O) groups is 2. The number of methoxy groups -OCH3 is 1. The quantitative estimate of drug-likeness (QED) is 0.706. The van der Waals surface area contributed by atoms with Crippen LogP contribution in [0.1, 0.15) is 32.6 Å². The van der Waals surface area contributed by atoms with E-state index in [1.807, 2.05) is 0 Å². The number of hydrogen-bond donors (Lipinski definition) is 2. The standard InChI is InChI=1S/C18H31N3O5/c1-13-16(23)21(10-9-20(13)17(24)25)14(12-26-2)3-7-19-8-6-18(4-5-18)15(22)11-19/h13-15,22H,3-12H2,1-2H3,(H,24,25)/t13-,14-,15+/m0/s1. The number of carbonyl (C=O) groups excluding carboxylic acids is 1. The number of carboxylic acid groups (broad SMARTS) is 1. The van der Waals surface area contributed by atoms with Crippen molar-refractivity contribution in [1.82, 2.24) is 14.7 Å². The second kappa shape index (κ2) is 7.70. The molecule has 2 N–H and O–H groups in total. The first-order valence-corrected chi connectivity index (χ1v) is 9.57. The molecule has 8 nitrogen and oxygen atoms in total. The van der Waals surface area contributed by atoms with Crippen LogP contribution in [-0.2, 0) is 9.53 Å². The van der Waals surface area contributed by atoms with Gasteiger partial charge in [-0.15, -0.1) is 0 Å². The van der Waals surface area contributed by atoms with Crippen molar-refractivity contribution in [2.24, 2.45) is 5.41 Å². The largest absolute Gasteiger partial charge is 0.465 e. The first-order valence-electron chi connectivity index (χ1n) is 9.57. The van der Waals surface area contributed by atoms with Crippen LogP contribution >= 0.6 is 0 Å². The number of piperazine rings is 1. The van der Waals surface area contributed by atoms with E-state index in [1.165, 1.54) is 4.90 Å².